The number of hydrogen-bond donors (Lipinski definition) is 1. The maximum absolute atomic E-state index is 5.78. The summed E-state index contributed by atoms with van der Waals surface area (Å²) in [4.78, 5) is 12.4. The number of aromatic nitrogens is 2. The van der Waals surface area contributed by atoms with Gasteiger partial charge in [0.1, 0.15) is 0 Å². The summed E-state index contributed by atoms with van der Waals surface area (Å²) < 4.78 is 1.12. The van der Waals surface area contributed by atoms with Crippen LogP contribution in [0.1, 0.15) is 12.8 Å². The average Bonchev–Trinajstić information content (AvgIpc) is 3.07. The van der Waals surface area contributed by atoms with Crippen LogP contribution in [0.4, 0.5) is 5.95 Å². The molecule has 0 bridgehead atoms. The van der Waals surface area contributed by atoms with Gasteiger partial charge in [-0.2, -0.15) is 0 Å². The number of nitrogens with zero attached hydrogens (tertiary/aromatic N) is 3. The largest absolute Gasteiger partial charge is 0.337 e. The van der Waals surface area contributed by atoms with Crippen LogP contribution >= 0.6 is 27.3 Å². The Labute approximate surface area is 124 Å². The van der Waals surface area contributed by atoms with E-state index in [1.54, 1.807) is 11.3 Å². The highest BCUT2D eigenvalue weighted by Gasteiger charge is 2.25. The van der Waals surface area contributed by atoms with Crippen LogP contribution in [0.3, 0.4) is 0 Å². The van der Waals surface area contributed by atoms with Crippen LogP contribution < -0.4 is 10.6 Å². The van der Waals surface area contributed by atoms with Crippen molar-refractivity contribution in [2.45, 2.75) is 18.9 Å². The van der Waals surface area contributed by atoms with Crippen molar-refractivity contribution < 1.29 is 0 Å². The van der Waals surface area contributed by atoms with E-state index >= 15 is 0 Å². The van der Waals surface area contributed by atoms with Gasteiger partial charge in [-0.1, -0.05) is 0 Å². The average molecular weight is 339 g/mol. The van der Waals surface area contributed by atoms with Gasteiger partial charge in [0.25, 0.3) is 0 Å². The van der Waals surface area contributed by atoms with Gasteiger partial charge in [-0.15, -0.1) is 11.3 Å². The fourth-order valence-electron chi connectivity index (χ4n) is 2.41. The lowest BCUT2D eigenvalue weighted by atomic mass is 10.2. The lowest BCUT2D eigenvalue weighted by Crippen LogP contribution is -2.36. The molecule has 0 aliphatic carbocycles. The fraction of sp³-hybridized carbons (Fsp3) is 0.385. The highest BCUT2D eigenvalue weighted by Crippen LogP contribution is 2.31. The third-order valence-electron chi connectivity index (χ3n) is 3.40. The molecule has 0 spiro atoms. The standard InChI is InChI=1S/C13H15BrN4S/c14-12-4-3-11(19-12)9-7-16-13(17-8-9)18-5-1-2-10(18)6-15/h3-4,7-8,10H,1-2,5-6,15H2. The van der Waals surface area contributed by atoms with Crippen LogP contribution in [0.2, 0.25) is 0 Å². The minimum Gasteiger partial charge on any atom is -0.337 e. The first-order valence-electron chi connectivity index (χ1n) is 6.32. The van der Waals surface area contributed by atoms with E-state index in [1.165, 1.54) is 11.3 Å². The van der Waals surface area contributed by atoms with Gasteiger partial charge in [-0.25, -0.2) is 9.97 Å². The Bertz CT molecular complexity index is 554. The molecule has 1 atom stereocenters. The molecule has 1 saturated heterocycles. The highest BCUT2D eigenvalue weighted by molar-refractivity contribution is 9.11. The second kappa shape index (κ2) is 5.56. The van der Waals surface area contributed by atoms with Gasteiger partial charge in [-0.05, 0) is 40.9 Å². The number of anilines is 1. The monoisotopic (exact) mass is 338 g/mol. The molecule has 19 heavy (non-hydrogen) atoms. The molecule has 0 amide bonds. The SMILES string of the molecule is NCC1CCCN1c1ncc(-c2ccc(Br)s2)cn1. The lowest BCUT2D eigenvalue weighted by Gasteiger charge is -2.23. The predicted molar refractivity (Wildman–Crippen MR) is 82.5 cm³/mol. The summed E-state index contributed by atoms with van der Waals surface area (Å²) in [5.74, 6) is 0.798. The molecule has 2 aromatic rings. The molecule has 0 aromatic carbocycles. The Kier molecular flexibility index (Phi) is 3.81. The zero-order valence-electron chi connectivity index (χ0n) is 10.4. The van der Waals surface area contributed by atoms with Gasteiger partial charge in [-0.3, -0.25) is 0 Å². The van der Waals surface area contributed by atoms with Crippen LogP contribution in [0.25, 0.3) is 10.4 Å². The fourth-order valence-corrected chi connectivity index (χ4v) is 3.77. The maximum atomic E-state index is 5.78. The highest BCUT2D eigenvalue weighted by atomic mass is 79.9. The topological polar surface area (TPSA) is 55.0 Å². The molecule has 2 N–H and O–H groups in total. The molecule has 3 rings (SSSR count). The summed E-state index contributed by atoms with van der Waals surface area (Å²) in [5, 5.41) is 0. The Hall–Kier alpha value is -0.980. The van der Waals surface area contributed by atoms with Crippen molar-refractivity contribution in [3.05, 3.63) is 28.3 Å². The third-order valence-corrected chi connectivity index (χ3v) is 5.07. The van der Waals surface area contributed by atoms with E-state index in [0.717, 1.165) is 28.3 Å². The number of nitrogens with two attached hydrogens (primary N) is 1. The summed E-state index contributed by atoms with van der Waals surface area (Å²) in [6, 6.07) is 4.51. The lowest BCUT2D eigenvalue weighted by molar-refractivity contribution is 0.664. The smallest absolute Gasteiger partial charge is 0.225 e. The number of hydrogen-bond acceptors (Lipinski definition) is 5. The molecule has 4 nitrogen and oxygen atoms in total. The van der Waals surface area contributed by atoms with E-state index < -0.39 is 0 Å². The van der Waals surface area contributed by atoms with Crippen LogP contribution in [-0.4, -0.2) is 29.1 Å². The predicted octanol–water partition coefficient (Wildman–Crippen LogP) is 2.90. The van der Waals surface area contributed by atoms with Crippen LogP contribution in [0.5, 0.6) is 0 Å². The van der Waals surface area contributed by atoms with Crippen molar-refractivity contribution in [1.29, 1.82) is 0 Å². The summed E-state index contributed by atoms with van der Waals surface area (Å²) in [6.45, 7) is 1.68. The molecule has 0 radical (unpaired) electrons. The zero-order valence-corrected chi connectivity index (χ0v) is 12.8. The first kappa shape index (κ1) is 13.0. The van der Waals surface area contributed by atoms with Gasteiger partial charge in [0.2, 0.25) is 5.95 Å². The summed E-state index contributed by atoms with van der Waals surface area (Å²) in [7, 11) is 0. The summed E-state index contributed by atoms with van der Waals surface area (Å²) in [5.41, 5.74) is 6.84. The van der Waals surface area contributed by atoms with E-state index in [2.05, 4.69) is 36.9 Å². The quantitative estimate of drug-likeness (QED) is 0.934. The number of rotatable bonds is 3. The molecule has 1 aliphatic rings. The van der Waals surface area contributed by atoms with Gasteiger partial charge in [0.05, 0.1) is 3.79 Å². The Morgan fingerprint density at radius 2 is 2.16 bits per heavy atom. The minimum atomic E-state index is 0.390. The van der Waals surface area contributed by atoms with Crippen LogP contribution in [0, 0.1) is 0 Å². The van der Waals surface area contributed by atoms with Crippen LogP contribution in [-0.2, 0) is 0 Å². The van der Waals surface area contributed by atoms with Gasteiger partial charge in [0.15, 0.2) is 0 Å². The molecule has 1 fully saturated rings. The first-order valence-corrected chi connectivity index (χ1v) is 7.93. The van der Waals surface area contributed by atoms with E-state index in [0.29, 0.717) is 12.6 Å². The number of thiophene rings is 1. The normalized spacial score (nSPS) is 19.1. The van der Waals surface area contributed by atoms with Gasteiger partial charge < -0.3 is 10.6 Å². The second-order valence-corrected chi connectivity index (χ2v) is 7.06. The van der Waals surface area contributed by atoms with Crippen molar-refractivity contribution in [1.82, 2.24) is 9.97 Å². The van der Waals surface area contributed by atoms with E-state index in [-0.39, 0.29) is 0 Å². The molecule has 3 heterocycles. The van der Waals surface area contributed by atoms with Crippen molar-refractivity contribution >= 4 is 33.2 Å². The van der Waals surface area contributed by atoms with E-state index in [9.17, 15) is 0 Å². The van der Waals surface area contributed by atoms with Crippen molar-refractivity contribution in [3.63, 3.8) is 0 Å². The van der Waals surface area contributed by atoms with Crippen LogP contribution in [0.15, 0.2) is 28.3 Å². The second-order valence-electron chi connectivity index (χ2n) is 4.60. The molecule has 1 unspecified atom stereocenters. The van der Waals surface area contributed by atoms with Gasteiger partial charge >= 0.3 is 0 Å². The van der Waals surface area contributed by atoms with Crippen molar-refractivity contribution in [2.24, 2.45) is 5.73 Å². The molecular formula is C13H15BrN4S. The molecule has 1 aliphatic heterocycles. The molecular weight excluding hydrogens is 324 g/mol. The Balaban J connectivity index is 1.82. The van der Waals surface area contributed by atoms with E-state index in [1.807, 2.05) is 18.5 Å². The van der Waals surface area contributed by atoms with Crippen molar-refractivity contribution in [2.75, 3.05) is 18.0 Å². The maximum Gasteiger partial charge on any atom is 0.225 e. The zero-order chi connectivity index (χ0) is 13.2. The molecule has 0 saturated carbocycles. The van der Waals surface area contributed by atoms with Gasteiger partial charge in [0, 0.05) is 42.0 Å². The minimum absolute atomic E-state index is 0.390. The number of halogens is 1. The molecule has 2 aromatic heterocycles. The summed E-state index contributed by atoms with van der Waals surface area (Å²) in [6.07, 6.45) is 6.10. The molecule has 6 heteroatoms. The molecule has 100 valence electrons. The first-order chi connectivity index (χ1) is 9.28. The Morgan fingerprint density at radius 1 is 1.37 bits per heavy atom. The van der Waals surface area contributed by atoms with E-state index in [4.69, 9.17) is 5.73 Å². The Morgan fingerprint density at radius 3 is 2.79 bits per heavy atom. The summed E-state index contributed by atoms with van der Waals surface area (Å²) >= 11 is 5.16. The van der Waals surface area contributed by atoms with Crippen molar-refractivity contribution in [3.8, 4) is 10.4 Å². The third kappa shape index (κ3) is 2.66.